The van der Waals surface area contributed by atoms with Crippen LogP contribution in [0, 0.1) is 11.8 Å². The molecule has 1 aliphatic rings. The van der Waals surface area contributed by atoms with Gasteiger partial charge in [0.15, 0.2) is 0 Å². The van der Waals surface area contributed by atoms with Crippen molar-refractivity contribution in [2.24, 2.45) is 11.8 Å². The smallest absolute Gasteiger partial charge is 0.0468 e. The molecule has 0 radical (unpaired) electrons. The van der Waals surface area contributed by atoms with Crippen molar-refractivity contribution >= 4 is 15.9 Å². The Hall–Kier alpha value is 0.440. The molecule has 0 amide bonds. The molecule has 2 atom stereocenters. The van der Waals surface area contributed by atoms with E-state index in [0.29, 0.717) is 4.83 Å². The molecule has 2 unspecified atom stereocenters. The normalized spacial score (nSPS) is 24.2. The lowest BCUT2D eigenvalue weighted by Crippen LogP contribution is -2.21. The fourth-order valence-corrected chi connectivity index (χ4v) is 2.68. The lowest BCUT2D eigenvalue weighted by atomic mass is 9.86. The van der Waals surface area contributed by atoms with Crippen LogP contribution in [-0.2, 0) is 4.74 Å². The van der Waals surface area contributed by atoms with Gasteiger partial charge in [-0.15, -0.1) is 0 Å². The second-order valence-corrected chi connectivity index (χ2v) is 5.58. The first-order valence-electron chi connectivity index (χ1n) is 5.45. The van der Waals surface area contributed by atoms with Crippen LogP contribution in [0.4, 0.5) is 0 Å². The first kappa shape index (κ1) is 11.5. The van der Waals surface area contributed by atoms with Crippen molar-refractivity contribution in [3.05, 3.63) is 0 Å². The van der Waals surface area contributed by atoms with Gasteiger partial charge >= 0.3 is 0 Å². The lowest BCUT2D eigenvalue weighted by molar-refractivity contribution is 0.0584. The second-order valence-electron chi connectivity index (χ2n) is 4.14. The number of ether oxygens (including phenoxy) is 1. The molecule has 0 saturated carbocycles. The number of rotatable bonds is 4. The highest BCUT2D eigenvalue weighted by Crippen LogP contribution is 2.29. The molecule has 1 fully saturated rings. The minimum Gasteiger partial charge on any atom is -0.381 e. The van der Waals surface area contributed by atoms with E-state index in [9.17, 15) is 0 Å². The lowest BCUT2D eigenvalue weighted by Gasteiger charge is -2.27. The monoisotopic (exact) mass is 248 g/mol. The zero-order valence-electron chi connectivity index (χ0n) is 8.76. The molecule has 0 N–H and O–H groups in total. The molecule has 1 nitrogen and oxygen atoms in total. The zero-order chi connectivity index (χ0) is 9.68. The minimum absolute atomic E-state index is 0.667. The molecule has 1 saturated heterocycles. The number of hydrogen-bond donors (Lipinski definition) is 0. The molecule has 78 valence electrons. The summed E-state index contributed by atoms with van der Waals surface area (Å²) in [5.74, 6) is 1.77. The predicted octanol–water partition coefficient (Wildman–Crippen LogP) is 3.61. The van der Waals surface area contributed by atoms with Crippen molar-refractivity contribution in [3.8, 4) is 0 Å². The van der Waals surface area contributed by atoms with Crippen molar-refractivity contribution in [2.75, 3.05) is 13.2 Å². The van der Waals surface area contributed by atoms with Crippen LogP contribution >= 0.6 is 15.9 Å². The Bertz CT molecular complexity index is 130. The number of hydrogen-bond acceptors (Lipinski definition) is 1. The molecule has 0 bridgehead atoms. The molecule has 0 spiro atoms. The predicted molar refractivity (Wildman–Crippen MR) is 60.3 cm³/mol. The Labute approximate surface area is 90.4 Å². The summed E-state index contributed by atoms with van der Waals surface area (Å²) in [6.45, 7) is 6.53. The second kappa shape index (κ2) is 6.02. The summed E-state index contributed by atoms with van der Waals surface area (Å²) in [5.41, 5.74) is 0. The average molecular weight is 249 g/mol. The fourth-order valence-electron chi connectivity index (χ4n) is 2.09. The molecule has 13 heavy (non-hydrogen) atoms. The van der Waals surface area contributed by atoms with Gasteiger partial charge in [-0.05, 0) is 31.1 Å². The van der Waals surface area contributed by atoms with E-state index in [0.717, 1.165) is 25.0 Å². The maximum absolute atomic E-state index is 5.36. The molecule has 1 rings (SSSR count). The Morgan fingerprint density at radius 2 is 2.00 bits per heavy atom. The molecular weight excluding hydrogens is 228 g/mol. The minimum atomic E-state index is 0.667. The molecule has 2 heteroatoms. The van der Waals surface area contributed by atoms with Gasteiger partial charge in [-0.1, -0.05) is 36.2 Å². The van der Waals surface area contributed by atoms with Crippen LogP contribution in [0.1, 0.15) is 39.5 Å². The third-order valence-electron chi connectivity index (χ3n) is 3.15. The summed E-state index contributed by atoms with van der Waals surface area (Å²) in [5, 5.41) is 0. The van der Waals surface area contributed by atoms with E-state index in [-0.39, 0.29) is 0 Å². The number of alkyl halides is 1. The molecule has 0 aromatic rings. The molecule has 0 aliphatic carbocycles. The summed E-state index contributed by atoms with van der Waals surface area (Å²) >= 11 is 3.70. The third kappa shape index (κ3) is 3.99. The van der Waals surface area contributed by atoms with Crippen LogP contribution in [0.2, 0.25) is 0 Å². The summed E-state index contributed by atoms with van der Waals surface area (Å²) in [4.78, 5) is 0.667. The van der Waals surface area contributed by atoms with Crippen LogP contribution in [0.5, 0.6) is 0 Å². The molecule has 0 aromatic carbocycles. The van der Waals surface area contributed by atoms with E-state index in [2.05, 4.69) is 29.8 Å². The van der Waals surface area contributed by atoms with E-state index < -0.39 is 0 Å². The Morgan fingerprint density at radius 3 is 2.46 bits per heavy atom. The van der Waals surface area contributed by atoms with E-state index >= 15 is 0 Å². The van der Waals surface area contributed by atoms with Gasteiger partial charge in [-0.3, -0.25) is 0 Å². The van der Waals surface area contributed by atoms with Crippen molar-refractivity contribution in [2.45, 2.75) is 44.4 Å². The van der Waals surface area contributed by atoms with Gasteiger partial charge in [0.2, 0.25) is 0 Å². The zero-order valence-corrected chi connectivity index (χ0v) is 10.3. The van der Waals surface area contributed by atoms with E-state index in [4.69, 9.17) is 4.74 Å². The van der Waals surface area contributed by atoms with Crippen LogP contribution in [0.3, 0.4) is 0 Å². The maximum atomic E-state index is 5.36. The van der Waals surface area contributed by atoms with E-state index in [1.165, 1.54) is 25.7 Å². The standard InChI is InChI=1S/C11H21BrO/c1-3-11(9(2)12)8-10-4-6-13-7-5-10/h9-11H,3-8H2,1-2H3. The first-order valence-corrected chi connectivity index (χ1v) is 6.37. The van der Waals surface area contributed by atoms with Gasteiger partial charge in [-0.2, -0.15) is 0 Å². The van der Waals surface area contributed by atoms with Gasteiger partial charge in [0, 0.05) is 18.0 Å². The highest BCUT2D eigenvalue weighted by atomic mass is 79.9. The van der Waals surface area contributed by atoms with Crippen LogP contribution < -0.4 is 0 Å². The van der Waals surface area contributed by atoms with Gasteiger partial charge in [-0.25, -0.2) is 0 Å². The Kier molecular flexibility index (Phi) is 5.34. The van der Waals surface area contributed by atoms with Crippen LogP contribution in [0.25, 0.3) is 0 Å². The van der Waals surface area contributed by atoms with Gasteiger partial charge in [0.05, 0.1) is 0 Å². The molecular formula is C11H21BrO. The SMILES string of the molecule is CCC(CC1CCOCC1)C(C)Br. The number of halogens is 1. The molecule has 1 heterocycles. The summed E-state index contributed by atoms with van der Waals surface area (Å²) < 4.78 is 5.36. The molecule has 1 aliphatic heterocycles. The first-order chi connectivity index (χ1) is 6.24. The summed E-state index contributed by atoms with van der Waals surface area (Å²) in [7, 11) is 0. The summed E-state index contributed by atoms with van der Waals surface area (Å²) in [6, 6.07) is 0. The van der Waals surface area contributed by atoms with Gasteiger partial charge < -0.3 is 4.74 Å². The van der Waals surface area contributed by atoms with Crippen molar-refractivity contribution in [1.82, 2.24) is 0 Å². The topological polar surface area (TPSA) is 9.23 Å². The van der Waals surface area contributed by atoms with Crippen LogP contribution in [0.15, 0.2) is 0 Å². The largest absolute Gasteiger partial charge is 0.381 e. The summed E-state index contributed by atoms with van der Waals surface area (Å²) in [6.07, 6.45) is 5.22. The third-order valence-corrected chi connectivity index (χ3v) is 3.90. The van der Waals surface area contributed by atoms with Crippen LogP contribution in [-0.4, -0.2) is 18.0 Å². The quantitative estimate of drug-likeness (QED) is 0.691. The van der Waals surface area contributed by atoms with Crippen molar-refractivity contribution in [1.29, 1.82) is 0 Å². The Morgan fingerprint density at radius 1 is 1.38 bits per heavy atom. The van der Waals surface area contributed by atoms with Gasteiger partial charge in [0.25, 0.3) is 0 Å². The molecule has 0 aromatic heterocycles. The highest BCUT2D eigenvalue weighted by Gasteiger charge is 2.20. The van der Waals surface area contributed by atoms with E-state index in [1.54, 1.807) is 0 Å². The van der Waals surface area contributed by atoms with Crippen molar-refractivity contribution < 1.29 is 4.74 Å². The average Bonchev–Trinajstić information content (AvgIpc) is 2.15. The van der Waals surface area contributed by atoms with Crippen molar-refractivity contribution in [3.63, 3.8) is 0 Å². The highest BCUT2D eigenvalue weighted by molar-refractivity contribution is 9.09. The van der Waals surface area contributed by atoms with E-state index in [1.807, 2.05) is 0 Å². The Balaban J connectivity index is 2.27. The van der Waals surface area contributed by atoms with Gasteiger partial charge in [0.1, 0.15) is 0 Å². The fraction of sp³-hybridized carbons (Fsp3) is 1.00. The maximum Gasteiger partial charge on any atom is 0.0468 e.